The second-order valence-corrected chi connectivity index (χ2v) is 20.2. The molecule has 0 aliphatic carbocycles. The molecular weight excluding hydrogens is 813 g/mol. The largest absolute Gasteiger partial charge is 0.394 e. The highest BCUT2D eigenvalue weighted by molar-refractivity contribution is 7.89. The van der Waals surface area contributed by atoms with Gasteiger partial charge in [0.2, 0.25) is 15.9 Å². The van der Waals surface area contributed by atoms with E-state index >= 15 is 0 Å². The first-order valence-corrected chi connectivity index (χ1v) is 27.2. The van der Waals surface area contributed by atoms with Gasteiger partial charge in [0.05, 0.1) is 31.1 Å². The predicted molar refractivity (Wildman–Crippen MR) is 249 cm³/mol. The summed E-state index contributed by atoms with van der Waals surface area (Å²) in [6, 6.07) is -1.03. The van der Waals surface area contributed by atoms with Gasteiger partial charge in [0.15, 0.2) is 6.29 Å². The van der Waals surface area contributed by atoms with E-state index in [0.717, 1.165) is 89.9 Å². The minimum atomic E-state index is -3.21. The highest BCUT2D eigenvalue weighted by atomic mass is 32.2. The number of aliphatic hydroxyl groups is 6. The van der Waals surface area contributed by atoms with Gasteiger partial charge in [-0.2, -0.15) is 0 Å². The van der Waals surface area contributed by atoms with Crippen LogP contribution in [0.1, 0.15) is 226 Å². The Morgan fingerprint density at radius 2 is 1.03 bits per heavy atom. The van der Waals surface area contributed by atoms with E-state index in [4.69, 9.17) is 9.47 Å². The minimum absolute atomic E-state index is 0.209. The summed E-state index contributed by atoms with van der Waals surface area (Å²) in [6.07, 6.45) is 25.3. The predicted octanol–water partition coefficient (Wildman–Crippen LogP) is 7.84. The molecule has 62 heavy (non-hydrogen) atoms. The molecule has 0 saturated carbocycles. The number of aliphatic hydroxyl groups excluding tert-OH is 6. The fourth-order valence-electron chi connectivity index (χ4n) is 8.27. The molecule has 370 valence electrons. The maximum atomic E-state index is 13.0. The van der Waals surface area contributed by atoms with Crippen LogP contribution >= 0.6 is 0 Å². The molecule has 1 fully saturated rings. The monoisotopic (exact) mass is 909 g/mol. The molecule has 0 spiro atoms. The number of amides is 1. The number of hydrogen-bond acceptors (Lipinski definition) is 11. The topological polar surface area (TPSA) is 215 Å². The Hall–Kier alpha value is -0.940. The van der Waals surface area contributed by atoms with Crippen molar-refractivity contribution in [3.63, 3.8) is 0 Å². The number of unbranched alkanes of at least 4 members (excludes halogenated alkanes) is 28. The Kier molecular flexibility index (Phi) is 37.4. The van der Waals surface area contributed by atoms with Crippen molar-refractivity contribution in [3.8, 4) is 0 Å². The summed E-state index contributed by atoms with van der Waals surface area (Å²) in [4.78, 5) is 13.0. The highest BCUT2D eigenvalue weighted by Gasteiger charge is 2.44. The molecule has 0 radical (unpaired) electrons. The number of carbonyl (C=O) groups excluding carboxylic acids is 1. The van der Waals surface area contributed by atoms with Crippen LogP contribution in [0, 0.1) is 0 Å². The zero-order valence-corrected chi connectivity index (χ0v) is 40.2. The van der Waals surface area contributed by atoms with Gasteiger partial charge < -0.3 is 45.4 Å². The maximum Gasteiger partial charge on any atom is 0.220 e. The van der Waals surface area contributed by atoms with Gasteiger partial charge in [-0.1, -0.05) is 194 Å². The van der Waals surface area contributed by atoms with Crippen molar-refractivity contribution in [2.24, 2.45) is 0 Å². The van der Waals surface area contributed by atoms with Crippen molar-refractivity contribution in [1.82, 2.24) is 10.0 Å². The normalized spacial score (nSPS) is 20.9. The number of rotatable bonds is 44. The first kappa shape index (κ1) is 59.1. The summed E-state index contributed by atoms with van der Waals surface area (Å²) in [5, 5.41) is 65.2. The Bertz CT molecular complexity index is 1130. The van der Waals surface area contributed by atoms with Crippen LogP contribution < -0.4 is 10.0 Å². The summed E-state index contributed by atoms with van der Waals surface area (Å²) in [7, 11) is -3.21. The van der Waals surface area contributed by atoms with Crippen LogP contribution in [0.15, 0.2) is 0 Å². The number of sulfonamides is 1. The summed E-state index contributed by atoms with van der Waals surface area (Å²) >= 11 is 0. The SMILES string of the molecule is CCCCCCCCCCCCCC[C@@H](O)[C@@H](O)[C@H](CO[C@H]1O[C@H](CO)[C@H](O)[C@H](O)[C@H]1O)NC(=O)CCCCCCCCCCNS(=O)(=O)CCCCCCCCCCCCC. The Labute approximate surface area is 378 Å². The van der Waals surface area contributed by atoms with Crippen molar-refractivity contribution in [3.05, 3.63) is 0 Å². The lowest BCUT2D eigenvalue weighted by molar-refractivity contribution is -0.303. The number of ether oxygens (including phenoxy) is 2. The average molecular weight is 909 g/mol. The van der Waals surface area contributed by atoms with Crippen LogP contribution in [0.5, 0.6) is 0 Å². The van der Waals surface area contributed by atoms with Gasteiger partial charge >= 0.3 is 0 Å². The molecule has 1 heterocycles. The van der Waals surface area contributed by atoms with E-state index in [0.29, 0.717) is 19.4 Å². The van der Waals surface area contributed by atoms with Gasteiger partial charge in [-0.15, -0.1) is 0 Å². The van der Waals surface area contributed by atoms with E-state index in [1.807, 2.05) is 0 Å². The van der Waals surface area contributed by atoms with Crippen LogP contribution in [-0.4, -0.2) is 119 Å². The average Bonchev–Trinajstić information content (AvgIpc) is 3.25. The third-order valence-electron chi connectivity index (χ3n) is 12.5. The molecule has 1 saturated heterocycles. The maximum absolute atomic E-state index is 13.0. The first-order chi connectivity index (χ1) is 30.0. The molecule has 1 rings (SSSR count). The van der Waals surface area contributed by atoms with Crippen molar-refractivity contribution in [2.45, 2.75) is 275 Å². The molecule has 0 aromatic rings. The minimum Gasteiger partial charge on any atom is -0.394 e. The van der Waals surface area contributed by atoms with Gasteiger partial charge in [0.25, 0.3) is 0 Å². The highest BCUT2D eigenvalue weighted by Crippen LogP contribution is 2.23. The lowest BCUT2D eigenvalue weighted by Crippen LogP contribution is -2.60. The molecule has 0 bridgehead atoms. The van der Waals surface area contributed by atoms with Crippen molar-refractivity contribution < 1.29 is 53.3 Å². The van der Waals surface area contributed by atoms with Crippen LogP contribution in [0.3, 0.4) is 0 Å². The van der Waals surface area contributed by atoms with Crippen molar-refractivity contribution in [2.75, 3.05) is 25.5 Å². The molecule has 8 atom stereocenters. The van der Waals surface area contributed by atoms with Crippen LogP contribution in [-0.2, 0) is 24.3 Å². The van der Waals surface area contributed by atoms with Gasteiger partial charge in [-0.3, -0.25) is 4.79 Å². The third kappa shape index (κ3) is 30.3. The molecule has 0 aromatic carbocycles. The summed E-state index contributed by atoms with van der Waals surface area (Å²) in [6.45, 7) is 3.99. The molecular formula is C48H96N2O11S. The van der Waals surface area contributed by atoms with Crippen LogP contribution in [0.2, 0.25) is 0 Å². The standard InChI is InChI=1S/C48H96N2O11S/c1-3-5-7-9-11-13-15-16-18-22-26-30-34-41(52)44(54)40(39-60-48-47(57)46(56)45(55)42(38-51)61-48)50-43(53)35-31-27-23-19-20-24-28-32-36-49-62(58,59)37-33-29-25-21-17-14-12-10-8-6-4-2/h40-42,44-49,51-52,54-57H,3-39H2,1-2H3,(H,50,53)/t40-,41+,42+,44-,45-,46-,47+,48-/m0/s1. The van der Waals surface area contributed by atoms with Crippen molar-refractivity contribution >= 4 is 15.9 Å². The van der Waals surface area contributed by atoms with Gasteiger partial charge in [-0.05, 0) is 25.7 Å². The number of hydrogen-bond donors (Lipinski definition) is 8. The molecule has 1 aliphatic heterocycles. The lowest BCUT2D eigenvalue weighted by atomic mass is 9.98. The van der Waals surface area contributed by atoms with Gasteiger partial charge in [0.1, 0.15) is 30.5 Å². The van der Waals surface area contributed by atoms with E-state index in [1.165, 1.54) is 103 Å². The quantitative estimate of drug-likeness (QED) is 0.0276. The van der Waals surface area contributed by atoms with Crippen molar-refractivity contribution in [1.29, 1.82) is 0 Å². The molecule has 1 amide bonds. The fraction of sp³-hybridized carbons (Fsp3) is 0.979. The Morgan fingerprint density at radius 1 is 0.597 bits per heavy atom. The molecule has 1 aliphatic rings. The fourth-order valence-corrected chi connectivity index (χ4v) is 9.45. The first-order valence-electron chi connectivity index (χ1n) is 25.5. The third-order valence-corrected chi connectivity index (χ3v) is 13.9. The van der Waals surface area contributed by atoms with E-state index in [2.05, 4.69) is 23.9 Å². The molecule has 14 heteroatoms. The Morgan fingerprint density at radius 3 is 1.52 bits per heavy atom. The summed E-state index contributed by atoms with van der Waals surface area (Å²) < 4.78 is 38.6. The smallest absolute Gasteiger partial charge is 0.220 e. The lowest BCUT2D eigenvalue weighted by Gasteiger charge is -2.40. The second kappa shape index (κ2) is 39.2. The van der Waals surface area contributed by atoms with Crippen LogP contribution in [0.25, 0.3) is 0 Å². The summed E-state index contributed by atoms with van der Waals surface area (Å²) in [5.74, 6) is -0.101. The zero-order chi connectivity index (χ0) is 45.7. The molecule has 0 aromatic heterocycles. The van der Waals surface area contributed by atoms with E-state index in [1.54, 1.807) is 0 Å². The van der Waals surface area contributed by atoms with E-state index in [-0.39, 0.29) is 24.7 Å². The second-order valence-electron chi connectivity index (χ2n) is 18.3. The Balaban J connectivity index is 2.33. The van der Waals surface area contributed by atoms with E-state index in [9.17, 15) is 43.9 Å². The molecule has 8 N–H and O–H groups in total. The summed E-state index contributed by atoms with van der Waals surface area (Å²) in [5.41, 5.74) is 0. The number of nitrogens with one attached hydrogen (secondary N) is 2. The molecule has 0 unspecified atom stereocenters. The zero-order valence-electron chi connectivity index (χ0n) is 39.4. The molecule has 13 nitrogen and oxygen atoms in total. The van der Waals surface area contributed by atoms with Gasteiger partial charge in [0, 0.05) is 13.0 Å². The van der Waals surface area contributed by atoms with Gasteiger partial charge in [-0.25, -0.2) is 13.1 Å². The number of carbonyl (C=O) groups is 1. The van der Waals surface area contributed by atoms with E-state index < -0.39 is 65.6 Å². The van der Waals surface area contributed by atoms with Crippen LogP contribution in [0.4, 0.5) is 0 Å².